The lowest BCUT2D eigenvalue weighted by molar-refractivity contribution is 0.242. The Bertz CT molecular complexity index is 663. The summed E-state index contributed by atoms with van der Waals surface area (Å²) in [7, 11) is 0. The molecule has 124 valence electrons. The maximum absolute atomic E-state index is 13.6. The Kier molecular flexibility index (Phi) is 5.08. The maximum atomic E-state index is 13.6. The molecule has 2 rings (SSSR count). The smallest absolute Gasteiger partial charge is 0.253 e. The van der Waals surface area contributed by atoms with Gasteiger partial charge in [0.15, 0.2) is 0 Å². The lowest BCUT2D eigenvalue weighted by atomic mass is 10.1. The van der Waals surface area contributed by atoms with Crippen LogP contribution < -0.4 is 10.1 Å². The number of ether oxygens (including phenoxy) is 1. The largest absolute Gasteiger partial charge is 0.491 e. The van der Waals surface area contributed by atoms with Crippen molar-refractivity contribution in [1.82, 2.24) is 4.98 Å². The third-order valence-corrected chi connectivity index (χ3v) is 3.11. The summed E-state index contributed by atoms with van der Waals surface area (Å²) in [5.41, 5.74) is -0.220. The van der Waals surface area contributed by atoms with E-state index in [2.05, 4.69) is 10.3 Å². The van der Waals surface area contributed by atoms with E-state index in [0.717, 1.165) is 0 Å². The molecule has 0 radical (unpaired) electrons. The quantitative estimate of drug-likeness (QED) is 0.643. The van der Waals surface area contributed by atoms with E-state index in [4.69, 9.17) is 4.74 Å². The van der Waals surface area contributed by atoms with E-state index in [1.165, 1.54) is 0 Å². The third-order valence-electron chi connectivity index (χ3n) is 3.11. The Morgan fingerprint density at radius 1 is 0.913 bits per heavy atom. The predicted molar refractivity (Wildman–Crippen MR) is 78.3 cm³/mol. The Labute approximate surface area is 131 Å². The van der Waals surface area contributed by atoms with Crippen molar-refractivity contribution in [2.24, 2.45) is 0 Å². The second-order valence-corrected chi connectivity index (χ2v) is 5.30. The first-order chi connectivity index (χ1) is 10.8. The van der Waals surface area contributed by atoms with E-state index >= 15 is 0 Å². The maximum Gasteiger partial charge on any atom is 0.253 e. The van der Waals surface area contributed by atoms with Gasteiger partial charge in [-0.2, -0.15) is 22.5 Å². The van der Waals surface area contributed by atoms with Crippen molar-refractivity contribution >= 4 is 5.69 Å². The second kappa shape index (κ2) is 6.85. The number of anilines is 1. The van der Waals surface area contributed by atoms with Gasteiger partial charge in [0.1, 0.15) is 11.4 Å². The van der Waals surface area contributed by atoms with Crippen molar-refractivity contribution < 1.29 is 22.3 Å². The SMILES string of the molecule is CC(C)Oc1ccc(C(C)Nc2c(F)c(F)nc(F)c2F)cc1. The summed E-state index contributed by atoms with van der Waals surface area (Å²) in [6.45, 7) is 5.37. The number of pyridine rings is 1. The molecule has 23 heavy (non-hydrogen) atoms. The first-order valence-corrected chi connectivity index (χ1v) is 7.02. The van der Waals surface area contributed by atoms with Crippen LogP contribution >= 0.6 is 0 Å². The number of nitrogens with one attached hydrogen (secondary N) is 1. The standard InChI is InChI=1S/C16H16F4N2O/c1-8(2)23-11-6-4-10(5-7-11)9(3)21-14-12(17)15(19)22-16(20)13(14)18/h4-9H,1-3H3,(H,21,22). The topological polar surface area (TPSA) is 34.1 Å². The molecule has 1 aromatic carbocycles. The van der Waals surface area contributed by atoms with Crippen molar-refractivity contribution in [2.45, 2.75) is 32.9 Å². The van der Waals surface area contributed by atoms with Gasteiger partial charge in [0.2, 0.25) is 11.6 Å². The molecule has 0 fully saturated rings. The Morgan fingerprint density at radius 3 is 1.91 bits per heavy atom. The predicted octanol–water partition coefficient (Wildman–Crippen LogP) is 4.60. The zero-order chi connectivity index (χ0) is 17.1. The van der Waals surface area contributed by atoms with Crippen LogP contribution in [-0.2, 0) is 0 Å². The molecule has 3 nitrogen and oxygen atoms in total. The van der Waals surface area contributed by atoms with Crippen LogP contribution in [0.1, 0.15) is 32.4 Å². The summed E-state index contributed by atoms with van der Waals surface area (Å²) in [5, 5.41) is 2.43. The molecule has 2 aromatic rings. The van der Waals surface area contributed by atoms with E-state index in [1.54, 1.807) is 31.2 Å². The van der Waals surface area contributed by atoms with E-state index in [0.29, 0.717) is 11.3 Å². The summed E-state index contributed by atoms with van der Waals surface area (Å²) < 4.78 is 58.9. The summed E-state index contributed by atoms with van der Waals surface area (Å²) in [6.07, 6.45) is 0.0161. The van der Waals surface area contributed by atoms with Crippen molar-refractivity contribution in [1.29, 1.82) is 0 Å². The van der Waals surface area contributed by atoms with Crippen molar-refractivity contribution in [3.63, 3.8) is 0 Å². The summed E-state index contributed by atoms with van der Waals surface area (Å²) in [6, 6.07) is 6.20. The molecule has 0 amide bonds. The molecule has 1 N–H and O–H groups in total. The molecule has 1 aromatic heterocycles. The van der Waals surface area contributed by atoms with Gasteiger partial charge in [-0.25, -0.2) is 0 Å². The number of benzene rings is 1. The zero-order valence-corrected chi connectivity index (χ0v) is 12.8. The summed E-state index contributed by atoms with van der Waals surface area (Å²) >= 11 is 0. The normalized spacial score (nSPS) is 12.3. The number of hydrogen-bond donors (Lipinski definition) is 1. The zero-order valence-electron chi connectivity index (χ0n) is 12.8. The van der Waals surface area contributed by atoms with Crippen LogP contribution in [0.15, 0.2) is 24.3 Å². The molecule has 0 saturated heterocycles. The van der Waals surface area contributed by atoms with E-state index in [9.17, 15) is 17.6 Å². The highest BCUT2D eigenvalue weighted by Crippen LogP contribution is 2.27. The molecular weight excluding hydrogens is 312 g/mol. The molecule has 1 atom stereocenters. The summed E-state index contributed by atoms with van der Waals surface area (Å²) in [5.74, 6) is -5.86. The van der Waals surface area contributed by atoms with Gasteiger partial charge in [-0.05, 0) is 38.5 Å². The van der Waals surface area contributed by atoms with Crippen molar-refractivity contribution in [3.05, 3.63) is 53.4 Å². The fourth-order valence-electron chi connectivity index (χ4n) is 2.02. The number of aromatic nitrogens is 1. The highest BCUT2D eigenvalue weighted by molar-refractivity contribution is 5.47. The number of halogens is 4. The van der Waals surface area contributed by atoms with E-state index in [-0.39, 0.29) is 6.10 Å². The fraction of sp³-hybridized carbons (Fsp3) is 0.312. The highest BCUT2D eigenvalue weighted by Gasteiger charge is 2.22. The fourth-order valence-corrected chi connectivity index (χ4v) is 2.02. The van der Waals surface area contributed by atoms with Crippen molar-refractivity contribution in [2.75, 3.05) is 5.32 Å². The first kappa shape index (κ1) is 17.1. The van der Waals surface area contributed by atoms with Gasteiger partial charge >= 0.3 is 0 Å². The molecule has 1 unspecified atom stereocenters. The number of rotatable bonds is 5. The van der Waals surface area contributed by atoms with Gasteiger partial charge in [-0.1, -0.05) is 12.1 Å². The Morgan fingerprint density at radius 2 is 1.43 bits per heavy atom. The van der Waals surface area contributed by atoms with Crippen LogP contribution in [0.3, 0.4) is 0 Å². The van der Waals surface area contributed by atoms with Gasteiger partial charge in [0.25, 0.3) is 11.9 Å². The lowest BCUT2D eigenvalue weighted by Gasteiger charge is -2.18. The third kappa shape index (κ3) is 3.91. The van der Waals surface area contributed by atoms with Crippen LogP contribution in [0.25, 0.3) is 0 Å². The molecule has 0 aliphatic rings. The highest BCUT2D eigenvalue weighted by atomic mass is 19.2. The molecule has 0 spiro atoms. The molecule has 0 saturated carbocycles. The first-order valence-electron chi connectivity index (χ1n) is 7.02. The van der Waals surface area contributed by atoms with Gasteiger partial charge < -0.3 is 10.1 Å². The lowest BCUT2D eigenvalue weighted by Crippen LogP contribution is -2.13. The van der Waals surface area contributed by atoms with Gasteiger partial charge in [-0.15, -0.1) is 0 Å². The Balaban J connectivity index is 2.21. The minimum absolute atomic E-state index is 0.0161. The average molecular weight is 328 g/mol. The number of nitrogens with zero attached hydrogens (tertiary/aromatic N) is 1. The molecule has 0 aliphatic heterocycles. The monoisotopic (exact) mass is 328 g/mol. The van der Waals surface area contributed by atoms with Gasteiger partial charge in [-0.3, -0.25) is 0 Å². The number of hydrogen-bond acceptors (Lipinski definition) is 3. The van der Waals surface area contributed by atoms with Gasteiger partial charge in [0.05, 0.1) is 6.10 Å². The van der Waals surface area contributed by atoms with E-state index < -0.39 is 35.3 Å². The van der Waals surface area contributed by atoms with E-state index in [1.807, 2.05) is 13.8 Å². The molecule has 0 bridgehead atoms. The average Bonchev–Trinajstić information content (AvgIpc) is 2.49. The minimum Gasteiger partial charge on any atom is -0.491 e. The van der Waals surface area contributed by atoms with Crippen LogP contribution in [0.5, 0.6) is 5.75 Å². The van der Waals surface area contributed by atoms with Gasteiger partial charge in [0, 0.05) is 6.04 Å². The van der Waals surface area contributed by atoms with Crippen LogP contribution in [0.2, 0.25) is 0 Å². The molecular formula is C16H16F4N2O. The van der Waals surface area contributed by atoms with Crippen LogP contribution in [0.4, 0.5) is 23.2 Å². The van der Waals surface area contributed by atoms with Crippen molar-refractivity contribution in [3.8, 4) is 5.75 Å². The summed E-state index contributed by atoms with van der Waals surface area (Å²) in [4.78, 5) is 2.51. The minimum atomic E-state index is -1.70. The molecule has 7 heteroatoms. The molecule has 1 heterocycles. The Hall–Kier alpha value is -2.31. The van der Waals surface area contributed by atoms with Crippen LogP contribution in [0, 0.1) is 23.5 Å². The van der Waals surface area contributed by atoms with Crippen LogP contribution in [-0.4, -0.2) is 11.1 Å². The second-order valence-electron chi connectivity index (χ2n) is 5.30. The molecule has 0 aliphatic carbocycles.